The second-order valence-corrected chi connectivity index (χ2v) is 13.1. The van der Waals surface area contributed by atoms with Crippen LogP contribution in [0.15, 0.2) is 42.5 Å². The molecule has 6 heteroatoms. The van der Waals surface area contributed by atoms with Crippen LogP contribution in [-0.2, 0) is 0 Å². The molecule has 0 unspecified atom stereocenters. The number of benzene rings is 2. The molecule has 0 radical (unpaired) electrons. The van der Waals surface area contributed by atoms with Gasteiger partial charge in [0.05, 0.1) is 22.0 Å². The van der Waals surface area contributed by atoms with Crippen LogP contribution in [0.1, 0.15) is 66.6 Å². The van der Waals surface area contributed by atoms with Gasteiger partial charge in [-0.3, -0.25) is 4.79 Å². The minimum absolute atomic E-state index is 0.0240. The van der Waals surface area contributed by atoms with Gasteiger partial charge in [-0.2, -0.15) is 0 Å². The summed E-state index contributed by atoms with van der Waals surface area (Å²) in [4.78, 5) is 13.6. The highest BCUT2D eigenvalue weighted by Crippen LogP contribution is 2.57. The first-order valence-electron chi connectivity index (χ1n) is 14.0. The van der Waals surface area contributed by atoms with Crippen LogP contribution in [-0.4, -0.2) is 17.0 Å². The molecule has 4 fully saturated rings. The summed E-state index contributed by atoms with van der Waals surface area (Å²) in [5.74, 6) is 4.73. The second kappa shape index (κ2) is 10.6. The topological polar surface area (TPSA) is 34.0 Å². The van der Waals surface area contributed by atoms with Gasteiger partial charge in [-0.15, -0.1) is 0 Å². The SMILES string of the molecule is Cc1c(C(=O)NCCCC2C3CC4CC(C3)CC2C4)c(C)n(-c2ccc(Cl)cc2Cl)c1-c1ccc(Cl)cc1. The Kier molecular flexibility index (Phi) is 7.31. The number of nitrogens with zero attached hydrogens (tertiary/aromatic N) is 1. The number of aromatic nitrogens is 1. The second-order valence-electron chi connectivity index (χ2n) is 11.9. The van der Waals surface area contributed by atoms with Crippen LogP contribution in [0.3, 0.4) is 0 Å². The lowest BCUT2D eigenvalue weighted by molar-refractivity contribution is -0.0401. The highest BCUT2D eigenvalue weighted by atomic mass is 35.5. The van der Waals surface area contributed by atoms with E-state index in [4.69, 9.17) is 34.8 Å². The zero-order valence-corrected chi connectivity index (χ0v) is 24.3. The molecule has 0 spiro atoms. The summed E-state index contributed by atoms with van der Waals surface area (Å²) in [6.45, 7) is 4.71. The first kappa shape index (κ1) is 26.3. The van der Waals surface area contributed by atoms with Crippen molar-refractivity contribution in [2.45, 2.75) is 58.8 Å². The van der Waals surface area contributed by atoms with Crippen LogP contribution in [0, 0.1) is 43.4 Å². The van der Waals surface area contributed by atoms with E-state index in [1.165, 1.54) is 38.5 Å². The minimum atomic E-state index is -0.0240. The van der Waals surface area contributed by atoms with E-state index < -0.39 is 0 Å². The van der Waals surface area contributed by atoms with E-state index in [2.05, 4.69) is 9.88 Å². The Bertz CT molecular complexity index is 1330. The largest absolute Gasteiger partial charge is 0.352 e. The van der Waals surface area contributed by atoms with Gasteiger partial charge in [-0.25, -0.2) is 0 Å². The summed E-state index contributed by atoms with van der Waals surface area (Å²) in [6, 6.07) is 13.2. The van der Waals surface area contributed by atoms with Crippen molar-refractivity contribution >= 4 is 40.7 Å². The molecule has 3 aromatic rings. The molecule has 4 saturated carbocycles. The zero-order chi connectivity index (χ0) is 26.6. The van der Waals surface area contributed by atoms with Gasteiger partial charge in [0.2, 0.25) is 0 Å². The van der Waals surface area contributed by atoms with Gasteiger partial charge in [0.15, 0.2) is 0 Å². The van der Waals surface area contributed by atoms with Crippen molar-refractivity contribution in [1.29, 1.82) is 0 Å². The average molecular weight is 570 g/mol. The smallest absolute Gasteiger partial charge is 0.253 e. The summed E-state index contributed by atoms with van der Waals surface area (Å²) < 4.78 is 2.07. The molecule has 1 heterocycles. The van der Waals surface area contributed by atoms with Gasteiger partial charge < -0.3 is 9.88 Å². The molecule has 200 valence electrons. The summed E-state index contributed by atoms with van der Waals surface area (Å²) in [5.41, 5.74) is 5.19. The van der Waals surface area contributed by atoms with Gasteiger partial charge in [0, 0.05) is 22.3 Å². The molecule has 1 N–H and O–H groups in total. The molecule has 4 aliphatic carbocycles. The van der Waals surface area contributed by atoms with E-state index in [9.17, 15) is 4.79 Å². The maximum Gasteiger partial charge on any atom is 0.253 e. The van der Waals surface area contributed by atoms with Gasteiger partial charge >= 0.3 is 0 Å². The first-order chi connectivity index (χ1) is 18.3. The van der Waals surface area contributed by atoms with E-state index in [0.29, 0.717) is 27.2 Å². The van der Waals surface area contributed by atoms with E-state index >= 15 is 0 Å². The summed E-state index contributed by atoms with van der Waals surface area (Å²) in [5, 5.41) is 5.03. The lowest BCUT2D eigenvalue weighted by atomic mass is 9.51. The molecule has 4 bridgehead atoms. The highest BCUT2D eigenvalue weighted by molar-refractivity contribution is 6.35. The van der Waals surface area contributed by atoms with Gasteiger partial charge in [0.1, 0.15) is 0 Å². The Morgan fingerprint density at radius 1 is 0.895 bits per heavy atom. The van der Waals surface area contributed by atoms with E-state index in [1.807, 2.05) is 50.2 Å². The maximum absolute atomic E-state index is 13.6. The molecular weight excluding hydrogens is 535 g/mol. The highest BCUT2D eigenvalue weighted by Gasteiger charge is 2.47. The normalized spacial score (nSPS) is 25.7. The standard InChI is InChI=1S/C32H35Cl3N2O/c1-18-30(32(38)36-11-3-4-27-23-13-20-12-21(15-23)16-24(27)14-20)19(2)37(29-10-9-26(34)17-28(29)35)31(18)22-5-7-25(33)8-6-22/h5-10,17,20-21,23-24,27H,3-4,11-16H2,1-2H3,(H,36,38). The van der Waals surface area contributed by atoms with E-state index in [0.717, 1.165) is 64.2 Å². The molecular formula is C32H35Cl3N2O. The van der Waals surface area contributed by atoms with Crippen LogP contribution in [0.5, 0.6) is 0 Å². The Morgan fingerprint density at radius 2 is 1.53 bits per heavy atom. The van der Waals surface area contributed by atoms with Crippen molar-refractivity contribution in [2.24, 2.45) is 29.6 Å². The van der Waals surface area contributed by atoms with Crippen molar-refractivity contribution in [3.63, 3.8) is 0 Å². The van der Waals surface area contributed by atoms with Crippen LogP contribution < -0.4 is 5.32 Å². The van der Waals surface area contributed by atoms with Crippen LogP contribution >= 0.6 is 34.8 Å². The third kappa shape index (κ3) is 4.80. The molecule has 1 amide bonds. The first-order valence-corrected chi connectivity index (χ1v) is 15.1. The molecule has 0 aliphatic heterocycles. The van der Waals surface area contributed by atoms with Crippen molar-refractivity contribution in [2.75, 3.05) is 6.54 Å². The van der Waals surface area contributed by atoms with Crippen molar-refractivity contribution < 1.29 is 4.79 Å². The summed E-state index contributed by atoms with van der Waals surface area (Å²) in [6.07, 6.45) is 9.60. The van der Waals surface area contributed by atoms with Crippen molar-refractivity contribution in [3.8, 4) is 16.9 Å². The minimum Gasteiger partial charge on any atom is -0.352 e. The third-order valence-electron chi connectivity index (χ3n) is 9.57. The number of nitrogens with one attached hydrogen (secondary N) is 1. The van der Waals surface area contributed by atoms with Gasteiger partial charge in [0.25, 0.3) is 5.91 Å². The fraction of sp³-hybridized carbons (Fsp3) is 0.469. The molecule has 7 rings (SSSR count). The predicted octanol–water partition coefficient (Wildman–Crippen LogP) is 9.30. The molecule has 2 aromatic carbocycles. The van der Waals surface area contributed by atoms with Crippen molar-refractivity contribution in [1.82, 2.24) is 9.88 Å². The number of carbonyl (C=O) groups is 1. The fourth-order valence-corrected chi connectivity index (χ4v) is 8.85. The summed E-state index contributed by atoms with van der Waals surface area (Å²) >= 11 is 19.0. The Morgan fingerprint density at radius 3 is 2.16 bits per heavy atom. The number of hydrogen-bond donors (Lipinski definition) is 1. The number of halogens is 3. The molecule has 38 heavy (non-hydrogen) atoms. The van der Waals surface area contributed by atoms with Gasteiger partial charge in [-0.1, -0.05) is 46.9 Å². The Labute approximate surface area is 240 Å². The number of carbonyl (C=O) groups excluding carboxylic acids is 1. The summed E-state index contributed by atoms with van der Waals surface area (Å²) in [7, 11) is 0. The number of amides is 1. The lowest BCUT2D eigenvalue weighted by Crippen LogP contribution is -2.45. The zero-order valence-electron chi connectivity index (χ0n) is 22.1. The van der Waals surface area contributed by atoms with Crippen LogP contribution in [0.25, 0.3) is 16.9 Å². The molecule has 0 saturated heterocycles. The lowest BCUT2D eigenvalue weighted by Gasteiger charge is -2.54. The van der Waals surface area contributed by atoms with E-state index in [1.54, 1.807) is 6.07 Å². The van der Waals surface area contributed by atoms with E-state index in [-0.39, 0.29) is 5.91 Å². The molecule has 4 aliphatic rings. The quantitative estimate of drug-likeness (QED) is 0.283. The Balaban J connectivity index is 1.23. The Hall–Kier alpha value is -1.94. The third-order valence-corrected chi connectivity index (χ3v) is 10.4. The van der Waals surface area contributed by atoms with Crippen LogP contribution in [0.4, 0.5) is 0 Å². The van der Waals surface area contributed by atoms with Gasteiger partial charge in [-0.05, 0) is 130 Å². The predicted molar refractivity (Wildman–Crippen MR) is 158 cm³/mol. The molecule has 1 aromatic heterocycles. The monoisotopic (exact) mass is 568 g/mol. The fourth-order valence-electron chi connectivity index (χ4n) is 8.23. The average Bonchev–Trinajstić information content (AvgIpc) is 3.13. The maximum atomic E-state index is 13.6. The molecule has 0 atom stereocenters. The number of rotatable bonds is 7. The molecule has 3 nitrogen and oxygen atoms in total. The van der Waals surface area contributed by atoms with Crippen molar-refractivity contribution in [3.05, 3.63) is 74.4 Å². The number of hydrogen-bond acceptors (Lipinski definition) is 1. The van der Waals surface area contributed by atoms with Crippen LogP contribution in [0.2, 0.25) is 15.1 Å².